The number of ether oxygens (including phenoxy) is 1. The summed E-state index contributed by atoms with van der Waals surface area (Å²) < 4.78 is 37.0. The van der Waals surface area contributed by atoms with E-state index in [0.29, 0.717) is 23.7 Å². The van der Waals surface area contributed by atoms with Crippen LogP contribution in [-0.2, 0) is 17.6 Å². The zero-order valence-electron chi connectivity index (χ0n) is 20.9. The molecule has 1 fully saturated rings. The standard InChI is InChI=1S/C28H31F2N5O2/c1-16-9-18(12-24(31)28(16)37-2)21-5-7-32-14-19(21)13-26-33-15-20-3-4-25(34-35(20)26)27-22(29)10-17(6-8-36)11-23(27)30/h3-5,7,10-11,14-16,18,24,28,36H,6,8-9,12-13,31H2,1-2H3/t16-,18+,24+,28+/m0/s1. The van der Waals surface area contributed by atoms with Crippen LogP contribution >= 0.6 is 0 Å². The minimum atomic E-state index is -0.719. The summed E-state index contributed by atoms with van der Waals surface area (Å²) in [5.41, 5.74) is 9.72. The van der Waals surface area contributed by atoms with Gasteiger partial charge in [-0.2, -0.15) is 5.10 Å². The van der Waals surface area contributed by atoms with Crippen LogP contribution in [0, 0.1) is 17.6 Å². The molecule has 3 heterocycles. The van der Waals surface area contributed by atoms with E-state index in [1.54, 1.807) is 36.2 Å². The van der Waals surface area contributed by atoms with E-state index < -0.39 is 11.6 Å². The van der Waals surface area contributed by atoms with Crippen LogP contribution in [0.1, 0.15) is 48.2 Å². The van der Waals surface area contributed by atoms with Crippen LogP contribution in [0.2, 0.25) is 0 Å². The molecule has 9 heteroatoms. The lowest BCUT2D eigenvalue weighted by molar-refractivity contribution is 0.00970. The van der Waals surface area contributed by atoms with E-state index in [0.717, 1.165) is 23.9 Å². The summed E-state index contributed by atoms with van der Waals surface area (Å²) in [6, 6.07) is 7.80. The average molecular weight is 508 g/mol. The van der Waals surface area contributed by atoms with Gasteiger partial charge in [-0.15, -0.1) is 0 Å². The molecule has 0 radical (unpaired) electrons. The van der Waals surface area contributed by atoms with Gasteiger partial charge < -0.3 is 15.6 Å². The second-order valence-corrected chi connectivity index (χ2v) is 9.90. The van der Waals surface area contributed by atoms with E-state index in [1.807, 2.05) is 12.3 Å². The summed E-state index contributed by atoms with van der Waals surface area (Å²) in [5.74, 6) is -0.200. The molecule has 0 amide bonds. The number of rotatable bonds is 7. The van der Waals surface area contributed by atoms with Crippen molar-refractivity contribution in [1.29, 1.82) is 0 Å². The van der Waals surface area contributed by atoms with Crippen molar-refractivity contribution in [2.75, 3.05) is 13.7 Å². The Hall–Kier alpha value is -3.27. The number of aromatic nitrogens is 4. The van der Waals surface area contributed by atoms with E-state index in [-0.39, 0.29) is 42.3 Å². The molecule has 3 aromatic heterocycles. The van der Waals surface area contributed by atoms with Gasteiger partial charge >= 0.3 is 0 Å². The number of pyridine rings is 1. The number of aliphatic hydroxyl groups is 1. The Morgan fingerprint density at radius 2 is 1.92 bits per heavy atom. The fourth-order valence-electron chi connectivity index (χ4n) is 5.71. The summed E-state index contributed by atoms with van der Waals surface area (Å²) in [6.07, 6.45) is 7.79. The normalized spacial score (nSPS) is 22.0. The Balaban J connectivity index is 1.48. The Bertz CT molecular complexity index is 1370. The molecule has 7 nitrogen and oxygen atoms in total. The Morgan fingerprint density at radius 3 is 2.62 bits per heavy atom. The number of nitrogens with two attached hydrogens (primary N) is 1. The number of hydrogen-bond acceptors (Lipinski definition) is 6. The maximum Gasteiger partial charge on any atom is 0.135 e. The van der Waals surface area contributed by atoms with Crippen molar-refractivity contribution < 1.29 is 18.6 Å². The quantitative estimate of drug-likeness (QED) is 0.392. The lowest BCUT2D eigenvalue weighted by atomic mass is 9.74. The molecule has 1 aromatic carbocycles. The van der Waals surface area contributed by atoms with Crippen LogP contribution in [-0.4, -0.2) is 50.6 Å². The zero-order chi connectivity index (χ0) is 26.1. The fraction of sp³-hybridized carbons (Fsp3) is 0.393. The van der Waals surface area contributed by atoms with Crippen LogP contribution in [0.25, 0.3) is 16.8 Å². The van der Waals surface area contributed by atoms with E-state index in [9.17, 15) is 8.78 Å². The lowest BCUT2D eigenvalue weighted by Gasteiger charge is -2.38. The maximum atomic E-state index is 14.9. The average Bonchev–Trinajstić information content (AvgIpc) is 3.26. The number of aliphatic hydroxyl groups excluding tert-OH is 1. The molecular weight excluding hydrogens is 476 g/mol. The summed E-state index contributed by atoms with van der Waals surface area (Å²) in [4.78, 5) is 8.91. The molecule has 0 spiro atoms. The van der Waals surface area contributed by atoms with Crippen molar-refractivity contribution in [3.63, 3.8) is 0 Å². The molecule has 37 heavy (non-hydrogen) atoms. The number of benzene rings is 1. The lowest BCUT2D eigenvalue weighted by Crippen LogP contribution is -2.45. The summed E-state index contributed by atoms with van der Waals surface area (Å²) in [7, 11) is 1.71. The molecule has 0 unspecified atom stereocenters. The minimum absolute atomic E-state index is 0.0406. The molecule has 0 aliphatic heterocycles. The van der Waals surface area contributed by atoms with E-state index in [4.69, 9.17) is 15.6 Å². The number of nitrogens with zero attached hydrogens (tertiary/aromatic N) is 4. The van der Waals surface area contributed by atoms with Crippen molar-refractivity contribution in [1.82, 2.24) is 19.6 Å². The SMILES string of the molecule is CO[C@H]1[C@H](N)C[C@H](c2ccncc2Cc2ncc3ccc(-c4c(F)cc(CCO)cc4F)nn23)C[C@@H]1C. The molecule has 0 saturated heterocycles. The van der Waals surface area contributed by atoms with Crippen molar-refractivity contribution in [3.8, 4) is 11.3 Å². The number of methoxy groups -OCH3 is 1. The molecule has 1 aliphatic rings. The molecule has 4 atom stereocenters. The highest BCUT2D eigenvalue weighted by atomic mass is 19.1. The summed E-state index contributed by atoms with van der Waals surface area (Å²) in [6.45, 7) is 1.99. The van der Waals surface area contributed by atoms with Crippen molar-refractivity contribution in [2.45, 2.75) is 50.7 Å². The van der Waals surface area contributed by atoms with Crippen LogP contribution < -0.4 is 5.73 Å². The predicted molar refractivity (Wildman–Crippen MR) is 136 cm³/mol. The second-order valence-electron chi connectivity index (χ2n) is 9.90. The van der Waals surface area contributed by atoms with Gasteiger partial charge in [0.25, 0.3) is 0 Å². The highest BCUT2D eigenvalue weighted by molar-refractivity contribution is 5.63. The first kappa shape index (κ1) is 25.4. The Morgan fingerprint density at radius 1 is 1.14 bits per heavy atom. The van der Waals surface area contributed by atoms with Gasteiger partial charge in [-0.1, -0.05) is 6.92 Å². The van der Waals surface area contributed by atoms with Gasteiger partial charge in [0.1, 0.15) is 17.5 Å². The minimum Gasteiger partial charge on any atom is -0.396 e. The van der Waals surface area contributed by atoms with Gasteiger partial charge in [-0.3, -0.25) is 4.98 Å². The summed E-state index contributed by atoms with van der Waals surface area (Å²) in [5, 5.41) is 13.7. The van der Waals surface area contributed by atoms with Gasteiger partial charge in [0.05, 0.1) is 29.1 Å². The maximum absolute atomic E-state index is 14.9. The largest absolute Gasteiger partial charge is 0.396 e. The third kappa shape index (κ3) is 4.99. The summed E-state index contributed by atoms with van der Waals surface area (Å²) >= 11 is 0. The van der Waals surface area contributed by atoms with Gasteiger partial charge in [0.2, 0.25) is 0 Å². The molecule has 1 aliphatic carbocycles. The first-order chi connectivity index (χ1) is 17.9. The van der Waals surface area contributed by atoms with Crippen molar-refractivity contribution in [2.24, 2.45) is 11.7 Å². The first-order valence-electron chi connectivity index (χ1n) is 12.5. The zero-order valence-corrected chi connectivity index (χ0v) is 20.9. The molecule has 5 rings (SSSR count). The second kappa shape index (κ2) is 10.6. The van der Waals surface area contributed by atoms with Crippen LogP contribution in [0.3, 0.4) is 0 Å². The monoisotopic (exact) mass is 507 g/mol. The van der Waals surface area contributed by atoms with E-state index >= 15 is 0 Å². The molecule has 194 valence electrons. The molecule has 4 aromatic rings. The molecule has 0 bridgehead atoms. The molecular formula is C28H31F2N5O2. The Kier molecular flexibility index (Phi) is 7.28. The van der Waals surface area contributed by atoms with Gasteiger partial charge in [-0.05, 0) is 78.1 Å². The van der Waals surface area contributed by atoms with E-state index in [1.165, 1.54) is 17.7 Å². The molecule has 1 saturated carbocycles. The van der Waals surface area contributed by atoms with Crippen molar-refractivity contribution in [3.05, 3.63) is 83.1 Å². The smallest absolute Gasteiger partial charge is 0.135 e. The number of hydrogen-bond donors (Lipinski definition) is 2. The molecule has 3 N–H and O–H groups in total. The van der Waals surface area contributed by atoms with Crippen LogP contribution in [0.15, 0.2) is 48.9 Å². The van der Waals surface area contributed by atoms with Crippen LogP contribution in [0.4, 0.5) is 8.78 Å². The predicted octanol–water partition coefficient (Wildman–Crippen LogP) is 4.05. The highest BCUT2D eigenvalue weighted by Crippen LogP contribution is 2.38. The van der Waals surface area contributed by atoms with Gasteiger partial charge in [0, 0.05) is 38.6 Å². The number of halogens is 2. The first-order valence-corrected chi connectivity index (χ1v) is 12.5. The third-order valence-corrected chi connectivity index (χ3v) is 7.41. The topological polar surface area (TPSA) is 98.6 Å². The van der Waals surface area contributed by atoms with Crippen molar-refractivity contribution >= 4 is 5.52 Å². The fourth-order valence-corrected chi connectivity index (χ4v) is 5.71. The number of imidazole rings is 1. The highest BCUT2D eigenvalue weighted by Gasteiger charge is 2.35. The van der Waals surface area contributed by atoms with Gasteiger partial charge in [0.15, 0.2) is 0 Å². The van der Waals surface area contributed by atoms with Gasteiger partial charge in [-0.25, -0.2) is 18.3 Å². The Labute approximate surface area is 214 Å². The van der Waals surface area contributed by atoms with E-state index in [2.05, 4.69) is 22.0 Å². The third-order valence-electron chi connectivity index (χ3n) is 7.41. The van der Waals surface area contributed by atoms with Crippen LogP contribution in [0.5, 0.6) is 0 Å². The number of fused-ring (bicyclic) bond motifs is 1.